The molecule has 1 saturated heterocycles. The van der Waals surface area contributed by atoms with Crippen molar-refractivity contribution >= 4 is 17.8 Å². The van der Waals surface area contributed by atoms with Crippen LogP contribution in [0.2, 0.25) is 0 Å². The Labute approximate surface area is 168 Å². The number of carbonyl (C=O) groups is 3. The predicted octanol–water partition coefficient (Wildman–Crippen LogP) is 1.57. The SMILES string of the molecule is COc1ccc(CN2C(=O)N[C@@H](CC(=O)NCCc3ccc(O)cc3)C2=O)cc1. The van der Waals surface area contributed by atoms with Crippen LogP contribution in [0, 0.1) is 0 Å². The van der Waals surface area contributed by atoms with Gasteiger partial charge in [-0.3, -0.25) is 14.5 Å². The van der Waals surface area contributed by atoms with Gasteiger partial charge in [0.15, 0.2) is 0 Å². The molecule has 29 heavy (non-hydrogen) atoms. The zero-order chi connectivity index (χ0) is 20.8. The van der Waals surface area contributed by atoms with Gasteiger partial charge in [-0.05, 0) is 41.8 Å². The minimum atomic E-state index is -0.866. The molecule has 0 aromatic heterocycles. The quantitative estimate of drug-likeness (QED) is 0.586. The summed E-state index contributed by atoms with van der Waals surface area (Å²) >= 11 is 0. The summed E-state index contributed by atoms with van der Waals surface area (Å²) in [6.45, 7) is 0.529. The fourth-order valence-corrected chi connectivity index (χ4v) is 3.04. The Morgan fingerprint density at radius 1 is 1.10 bits per heavy atom. The van der Waals surface area contributed by atoms with Crippen molar-refractivity contribution in [2.45, 2.75) is 25.4 Å². The number of nitrogens with zero attached hydrogens (tertiary/aromatic N) is 1. The van der Waals surface area contributed by atoms with E-state index in [2.05, 4.69) is 10.6 Å². The summed E-state index contributed by atoms with van der Waals surface area (Å²) in [7, 11) is 1.56. The van der Waals surface area contributed by atoms with Gasteiger partial charge >= 0.3 is 6.03 Å². The monoisotopic (exact) mass is 397 g/mol. The summed E-state index contributed by atoms with van der Waals surface area (Å²) in [5, 5.41) is 14.6. The Morgan fingerprint density at radius 3 is 2.41 bits per heavy atom. The molecule has 8 heteroatoms. The standard InChI is InChI=1S/C21H23N3O5/c1-29-17-8-4-15(5-9-17)13-24-20(27)18(23-21(24)28)12-19(26)22-11-10-14-2-6-16(25)7-3-14/h2-9,18,25H,10-13H2,1H3,(H,22,26)(H,23,28)/t18-/m0/s1. The summed E-state index contributed by atoms with van der Waals surface area (Å²) in [5.74, 6) is 0.147. The Morgan fingerprint density at radius 2 is 1.76 bits per heavy atom. The number of phenols is 1. The molecule has 1 heterocycles. The van der Waals surface area contributed by atoms with E-state index in [1.807, 2.05) is 0 Å². The lowest BCUT2D eigenvalue weighted by Gasteiger charge is -2.13. The number of carbonyl (C=O) groups excluding carboxylic acids is 3. The predicted molar refractivity (Wildman–Crippen MR) is 105 cm³/mol. The number of amides is 4. The van der Waals surface area contributed by atoms with Crippen LogP contribution in [0.3, 0.4) is 0 Å². The van der Waals surface area contributed by atoms with Crippen LogP contribution in [0.15, 0.2) is 48.5 Å². The van der Waals surface area contributed by atoms with Gasteiger partial charge in [-0.1, -0.05) is 24.3 Å². The van der Waals surface area contributed by atoms with Crippen molar-refractivity contribution in [2.24, 2.45) is 0 Å². The number of aromatic hydroxyl groups is 1. The second kappa shape index (κ2) is 9.09. The summed E-state index contributed by atoms with van der Waals surface area (Å²) in [6.07, 6.45) is 0.486. The molecule has 1 aliphatic rings. The Kier molecular flexibility index (Phi) is 6.33. The maximum Gasteiger partial charge on any atom is 0.325 e. The topological polar surface area (TPSA) is 108 Å². The van der Waals surface area contributed by atoms with Crippen molar-refractivity contribution in [1.82, 2.24) is 15.5 Å². The fraction of sp³-hybridized carbons (Fsp3) is 0.286. The van der Waals surface area contributed by atoms with Gasteiger partial charge in [0.1, 0.15) is 17.5 Å². The van der Waals surface area contributed by atoms with Crippen LogP contribution in [0.1, 0.15) is 17.5 Å². The van der Waals surface area contributed by atoms with Crippen molar-refractivity contribution < 1.29 is 24.2 Å². The highest BCUT2D eigenvalue weighted by Gasteiger charge is 2.38. The van der Waals surface area contributed by atoms with Crippen LogP contribution in [0.5, 0.6) is 11.5 Å². The molecule has 0 spiro atoms. The average Bonchev–Trinajstić information content (AvgIpc) is 2.97. The Balaban J connectivity index is 1.48. The minimum Gasteiger partial charge on any atom is -0.508 e. The molecule has 1 atom stereocenters. The van der Waals surface area contributed by atoms with Crippen molar-refractivity contribution in [3.63, 3.8) is 0 Å². The zero-order valence-electron chi connectivity index (χ0n) is 16.1. The molecule has 0 bridgehead atoms. The van der Waals surface area contributed by atoms with E-state index in [4.69, 9.17) is 4.74 Å². The molecule has 2 aromatic rings. The Bertz CT molecular complexity index is 880. The van der Waals surface area contributed by atoms with Gasteiger partial charge in [0.2, 0.25) is 5.91 Å². The maximum atomic E-state index is 12.5. The highest BCUT2D eigenvalue weighted by atomic mass is 16.5. The highest BCUT2D eigenvalue weighted by molar-refractivity contribution is 6.05. The van der Waals surface area contributed by atoms with Gasteiger partial charge < -0.3 is 20.5 Å². The van der Waals surface area contributed by atoms with Gasteiger partial charge in [-0.15, -0.1) is 0 Å². The summed E-state index contributed by atoms with van der Waals surface area (Å²) in [6, 6.07) is 12.4. The van der Waals surface area contributed by atoms with E-state index in [1.165, 1.54) is 0 Å². The Hall–Kier alpha value is -3.55. The first-order valence-corrected chi connectivity index (χ1v) is 9.25. The first kappa shape index (κ1) is 20.2. The second-order valence-corrected chi connectivity index (χ2v) is 6.75. The second-order valence-electron chi connectivity index (χ2n) is 6.75. The average molecular weight is 397 g/mol. The number of benzene rings is 2. The molecule has 0 radical (unpaired) electrons. The largest absolute Gasteiger partial charge is 0.508 e. The molecule has 0 aliphatic carbocycles. The van der Waals surface area contributed by atoms with Gasteiger partial charge in [0.05, 0.1) is 20.1 Å². The highest BCUT2D eigenvalue weighted by Crippen LogP contribution is 2.17. The normalized spacial score (nSPS) is 15.9. The van der Waals surface area contributed by atoms with Crippen LogP contribution in [0.4, 0.5) is 4.79 Å². The summed E-state index contributed by atoms with van der Waals surface area (Å²) < 4.78 is 5.09. The summed E-state index contributed by atoms with van der Waals surface area (Å²) in [5.41, 5.74) is 1.76. The molecular weight excluding hydrogens is 374 g/mol. The minimum absolute atomic E-state index is 0.112. The molecule has 4 amide bonds. The zero-order valence-corrected chi connectivity index (χ0v) is 16.1. The van der Waals surface area contributed by atoms with E-state index in [1.54, 1.807) is 55.6 Å². The van der Waals surface area contributed by atoms with E-state index in [9.17, 15) is 19.5 Å². The number of ether oxygens (including phenoxy) is 1. The number of hydrogen-bond donors (Lipinski definition) is 3. The van der Waals surface area contributed by atoms with Crippen LogP contribution >= 0.6 is 0 Å². The molecule has 8 nitrogen and oxygen atoms in total. The van der Waals surface area contributed by atoms with Crippen molar-refractivity contribution in [1.29, 1.82) is 0 Å². The third-order valence-corrected chi connectivity index (χ3v) is 4.67. The molecule has 152 valence electrons. The van der Waals surface area contributed by atoms with E-state index in [0.29, 0.717) is 18.7 Å². The number of urea groups is 1. The number of imide groups is 1. The van der Waals surface area contributed by atoms with Crippen molar-refractivity contribution in [3.05, 3.63) is 59.7 Å². The van der Waals surface area contributed by atoms with Gasteiger partial charge in [0, 0.05) is 6.54 Å². The third-order valence-electron chi connectivity index (χ3n) is 4.67. The lowest BCUT2D eigenvalue weighted by Crippen LogP contribution is -2.37. The van der Waals surface area contributed by atoms with E-state index < -0.39 is 18.0 Å². The van der Waals surface area contributed by atoms with Crippen LogP contribution in [-0.2, 0) is 22.6 Å². The number of hydrogen-bond acceptors (Lipinski definition) is 5. The first-order chi connectivity index (χ1) is 14.0. The summed E-state index contributed by atoms with van der Waals surface area (Å²) in [4.78, 5) is 37.9. The maximum absolute atomic E-state index is 12.5. The van der Waals surface area contributed by atoms with Crippen molar-refractivity contribution in [2.75, 3.05) is 13.7 Å². The molecule has 1 aliphatic heterocycles. The van der Waals surface area contributed by atoms with Gasteiger partial charge in [0.25, 0.3) is 5.91 Å². The van der Waals surface area contributed by atoms with Gasteiger partial charge in [-0.25, -0.2) is 4.79 Å². The fourth-order valence-electron chi connectivity index (χ4n) is 3.04. The third kappa shape index (κ3) is 5.25. The molecule has 0 unspecified atom stereocenters. The van der Waals surface area contributed by atoms with E-state index in [0.717, 1.165) is 16.0 Å². The number of nitrogens with one attached hydrogen (secondary N) is 2. The lowest BCUT2D eigenvalue weighted by molar-refractivity contribution is -0.131. The first-order valence-electron chi connectivity index (χ1n) is 9.25. The number of rotatable bonds is 8. The lowest BCUT2D eigenvalue weighted by atomic mass is 10.1. The molecule has 2 aromatic carbocycles. The number of phenolic OH excluding ortho intramolecular Hbond substituents is 1. The smallest absolute Gasteiger partial charge is 0.325 e. The van der Waals surface area contributed by atoms with E-state index >= 15 is 0 Å². The van der Waals surface area contributed by atoms with Crippen molar-refractivity contribution in [3.8, 4) is 11.5 Å². The molecule has 1 fully saturated rings. The van der Waals surface area contributed by atoms with Crippen LogP contribution in [-0.4, -0.2) is 47.5 Å². The molecule has 3 rings (SSSR count). The van der Waals surface area contributed by atoms with Crippen LogP contribution in [0.25, 0.3) is 0 Å². The molecule has 0 saturated carbocycles. The molecular formula is C21H23N3O5. The van der Waals surface area contributed by atoms with Gasteiger partial charge in [-0.2, -0.15) is 0 Å². The van der Waals surface area contributed by atoms with E-state index in [-0.39, 0.29) is 24.6 Å². The number of methoxy groups -OCH3 is 1. The molecule has 3 N–H and O–H groups in total. The van der Waals surface area contributed by atoms with Crippen LogP contribution < -0.4 is 15.4 Å².